The number of esters is 1. The van der Waals surface area contributed by atoms with Crippen molar-refractivity contribution >= 4 is 34.5 Å². The molecule has 0 saturated carbocycles. The van der Waals surface area contributed by atoms with Crippen LogP contribution in [0.3, 0.4) is 0 Å². The van der Waals surface area contributed by atoms with Gasteiger partial charge in [0.1, 0.15) is 5.75 Å². The summed E-state index contributed by atoms with van der Waals surface area (Å²) in [5.74, 6) is -0.196. The van der Waals surface area contributed by atoms with Crippen LogP contribution in [-0.4, -0.2) is 19.2 Å². The van der Waals surface area contributed by atoms with Crippen molar-refractivity contribution in [2.75, 3.05) is 7.11 Å². The van der Waals surface area contributed by atoms with E-state index < -0.39 is 12.1 Å². The fourth-order valence-corrected chi connectivity index (χ4v) is 2.02. The van der Waals surface area contributed by atoms with Gasteiger partial charge < -0.3 is 14.2 Å². The summed E-state index contributed by atoms with van der Waals surface area (Å²) < 4.78 is 14.8. The van der Waals surface area contributed by atoms with Gasteiger partial charge >= 0.3 is 12.1 Å². The van der Waals surface area contributed by atoms with Gasteiger partial charge in [-0.3, -0.25) is 0 Å². The molecule has 0 aliphatic rings. The standard InChI is InChI=1S/C16H13ClO5/c1-9(2)15(18)22-14-11-7-5-4-6-10(11)13(8-12(14)17)21-16(19)20-3/h4-8H,1H2,2-3H3. The van der Waals surface area contributed by atoms with Crippen LogP contribution in [0, 0.1) is 0 Å². The Labute approximate surface area is 132 Å². The molecule has 5 nitrogen and oxygen atoms in total. The van der Waals surface area contributed by atoms with Gasteiger partial charge in [0, 0.05) is 22.4 Å². The molecule has 0 atom stereocenters. The molecule has 0 aromatic heterocycles. The second-order valence-electron chi connectivity index (χ2n) is 4.46. The molecule has 0 radical (unpaired) electrons. The Hall–Kier alpha value is -2.53. The van der Waals surface area contributed by atoms with Crippen molar-refractivity contribution in [1.29, 1.82) is 0 Å². The highest BCUT2D eigenvalue weighted by atomic mass is 35.5. The van der Waals surface area contributed by atoms with Crippen LogP contribution in [0.5, 0.6) is 11.5 Å². The Morgan fingerprint density at radius 2 is 1.77 bits per heavy atom. The van der Waals surface area contributed by atoms with E-state index in [1.54, 1.807) is 24.3 Å². The van der Waals surface area contributed by atoms with Gasteiger partial charge in [-0.15, -0.1) is 0 Å². The maximum Gasteiger partial charge on any atom is 0.513 e. The molecular formula is C16H13ClO5. The monoisotopic (exact) mass is 320 g/mol. The van der Waals surface area contributed by atoms with Crippen LogP contribution in [0.1, 0.15) is 6.92 Å². The number of halogens is 1. The van der Waals surface area contributed by atoms with E-state index in [1.165, 1.54) is 20.1 Å². The molecule has 114 valence electrons. The zero-order chi connectivity index (χ0) is 16.3. The van der Waals surface area contributed by atoms with Crippen molar-refractivity contribution in [2.24, 2.45) is 0 Å². The molecule has 0 saturated heterocycles. The van der Waals surface area contributed by atoms with Crippen LogP contribution in [0.15, 0.2) is 42.5 Å². The van der Waals surface area contributed by atoms with E-state index in [-0.39, 0.29) is 22.1 Å². The highest BCUT2D eigenvalue weighted by molar-refractivity contribution is 6.34. The minimum atomic E-state index is -0.868. The van der Waals surface area contributed by atoms with Gasteiger partial charge in [-0.25, -0.2) is 9.59 Å². The molecule has 2 rings (SSSR count). The minimum Gasteiger partial charge on any atom is -0.437 e. The van der Waals surface area contributed by atoms with Crippen LogP contribution in [0.25, 0.3) is 10.8 Å². The maximum absolute atomic E-state index is 11.7. The molecule has 0 bridgehead atoms. The number of rotatable bonds is 3. The molecule has 22 heavy (non-hydrogen) atoms. The van der Waals surface area contributed by atoms with Crippen molar-refractivity contribution in [3.8, 4) is 11.5 Å². The summed E-state index contributed by atoms with van der Waals surface area (Å²) in [6, 6.07) is 8.31. The maximum atomic E-state index is 11.7. The Bertz CT molecular complexity index is 766. The summed E-state index contributed by atoms with van der Waals surface area (Å²) in [6.45, 7) is 5.06. The van der Waals surface area contributed by atoms with Gasteiger partial charge in [-0.1, -0.05) is 42.4 Å². The quantitative estimate of drug-likeness (QED) is 0.368. The van der Waals surface area contributed by atoms with E-state index in [9.17, 15) is 9.59 Å². The Morgan fingerprint density at radius 3 is 2.36 bits per heavy atom. The molecule has 2 aromatic carbocycles. The normalized spacial score (nSPS) is 10.1. The van der Waals surface area contributed by atoms with E-state index in [2.05, 4.69) is 11.3 Å². The highest BCUT2D eigenvalue weighted by Crippen LogP contribution is 2.40. The number of carbonyl (C=O) groups excluding carboxylic acids is 2. The second kappa shape index (κ2) is 6.49. The van der Waals surface area contributed by atoms with Gasteiger partial charge in [-0.05, 0) is 6.92 Å². The summed E-state index contributed by atoms with van der Waals surface area (Å²) >= 11 is 6.14. The third kappa shape index (κ3) is 3.20. The summed E-state index contributed by atoms with van der Waals surface area (Å²) in [6.07, 6.45) is -0.868. The fourth-order valence-electron chi connectivity index (χ4n) is 1.78. The van der Waals surface area contributed by atoms with Crippen LogP contribution >= 0.6 is 11.6 Å². The van der Waals surface area contributed by atoms with Crippen molar-refractivity contribution in [3.63, 3.8) is 0 Å². The molecule has 0 aliphatic heterocycles. The number of fused-ring (bicyclic) bond motifs is 1. The SMILES string of the molecule is C=C(C)C(=O)Oc1c(Cl)cc(OC(=O)OC)c2ccccc12. The Kier molecular flexibility index (Phi) is 4.68. The van der Waals surface area contributed by atoms with E-state index in [1.807, 2.05) is 0 Å². The van der Waals surface area contributed by atoms with E-state index in [4.69, 9.17) is 21.1 Å². The van der Waals surface area contributed by atoms with Crippen molar-refractivity contribution in [2.45, 2.75) is 6.92 Å². The Morgan fingerprint density at radius 1 is 1.14 bits per heavy atom. The number of ether oxygens (including phenoxy) is 3. The lowest BCUT2D eigenvalue weighted by atomic mass is 10.1. The van der Waals surface area contributed by atoms with Crippen molar-refractivity contribution < 1.29 is 23.8 Å². The highest BCUT2D eigenvalue weighted by Gasteiger charge is 2.18. The first-order valence-corrected chi connectivity index (χ1v) is 6.66. The zero-order valence-corrected chi connectivity index (χ0v) is 12.8. The fraction of sp³-hybridized carbons (Fsp3) is 0.125. The van der Waals surface area contributed by atoms with Crippen molar-refractivity contribution in [3.05, 3.63) is 47.5 Å². The largest absolute Gasteiger partial charge is 0.513 e. The molecule has 2 aromatic rings. The van der Waals surface area contributed by atoms with Gasteiger partial charge in [0.25, 0.3) is 0 Å². The van der Waals surface area contributed by atoms with E-state index in [0.717, 1.165) is 0 Å². The molecule has 0 unspecified atom stereocenters. The summed E-state index contributed by atoms with van der Waals surface area (Å²) in [5.41, 5.74) is 0.245. The van der Waals surface area contributed by atoms with Crippen LogP contribution < -0.4 is 9.47 Å². The van der Waals surface area contributed by atoms with Crippen LogP contribution in [-0.2, 0) is 9.53 Å². The van der Waals surface area contributed by atoms with Crippen molar-refractivity contribution in [1.82, 2.24) is 0 Å². The smallest absolute Gasteiger partial charge is 0.437 e. The second-order valence-corrected chi connectivity index (χ2v) is 4.86. The number of benzene rings is 2. The van der Waals surface area contributed by atoms with E-state index in [0.29, 0.717) is 10.8 Å². The minimum absolute atomic E-state index is 0.132. The third-order valence-corrected chi connectivity index (χ3v) is 3.10. The molecule has 0 aliphatic carbocycles. The molecule has 0 spiro atoms. The van der Waals surface area contributed by atoms with Gasteiger partial charge in [0.05, 0.1) is 12.1 Å². The molecule has 0 N–H and O–H groups in total. The first kappa shape index (κ1) is 15.9. The summed E-state index contributed by atoms with van der Waals surface area (Å²) in [4.78, 5) is 23.0. The lowest BCUT2D eigenvalue weighted by molar-refractivity contribution is -0.129. The molecule has 0 heterocycles. The summed E-state index contributed by atoms with van der Waals surface area (Å²) in [5, 5.41) is 1.22. The van der Waals surface area contributed by atoms with Crippen LogP contribution in [0.4, 0.5) is 4.79 Å². The lowest BCUT2D eigenvalue weighted by Crippen LogP contribution is -2.10. The molecular weight excluding hydrogens is 308 g/mol. The van der Waals surface area contributed by atoms with Gasteiger partial charge in [-0.2, -0.15) is 0 Å². The average Bonchev–Trinajstić information content (AvgIpc) is 2.50. The van der Waals surface area contributed by atoms with E-state index >= 15 is 0 Å². The lowest BCUT2D eigenvalue weighted by Gasteiger charge is -2.13. The first-order valence-electron chi connectivity index (χ1n) is 6.28. The number of hydrogen-bond donors (Lipinski definition) is 0. The predicted molar refractivity (Wildman–Crippen MR) is 82.4 cm³/mol. The molecule has 0 fully saturated rings. The zero-order valence-electron chi connectivity index (χ0n) is 12.0. The number of carbonyl (C=O) groups is 2. The first-order chi connectivity index (χ1) is 10.4. The average molecular weight is 321 g/mol. The summed E-state index contributed by atoms with van der Waals surface area (Å²) in [7, 11) is 1.20. The Balaban J connectivity index is 2.58. The third-order valence-electron chi connectivity index (χ3n) is 2.82. The topological polar surface area (TPSA) is 61.8 Å². The van der Waals surface area contributed by atoms with Gasteiger partial charge in [0.15, 0.2) is 5.75 Å². The number of methoxy groups -OCH3 is 1. The molecule has 0 amide bonds. The predicted octanol–water partition coefficient (Wildman–Crippen LogP) is 4.12. The number of hydrogen-bond acceptors (Lipinski definition) is 5. The molecule has 6 heteroatoms. The van der Waals surface area contributed by atoms with Gasteiger partial charge in [0.2, 0.25) is 0 Å². The van der Waals surface area contributed by atoms with Crippen LogP contribution in [0.2, 0.25) is 5.02 Å².